The third-order valence-corrected chi connectivity index (χ3v) is 2.90. The van der Waals surface area contributed by atoms with Gasteiger partial charge in [-0.15, -0.1) is 0 Å². The van der Waals surface area contributed by atoms with E-state index in [4.69, 9.17) is 11.6 Å². The maximum absolute atomic E-state index is 11.9. The van der Waals surface area contributed by atoms with Crippen LogP contribution in [0.15, 0.2) is 18.2 Å². The van der Waals surface area contributed by atoms with Gasteiger partial charge in [-0.1, -0.05) is 11.6 Å². The van der Waals surface area contributed by atoms with Crippen LogP contribution in [0.5, 0.6) is 0 Å². The monoisotopic (exact) mass is 223 g/mol. The zero-order valence-corrected chi connectivity index (χ0v) is 9.71. The molecule has 80 valence electrons. The van der Waals surface area contributed by atoms with Crippen LogP contribution >= 0.6 is 11.6 Å². The van der Waals surface area contributed by atoms with E-state index in [1.165, 1.54) is 12.8 Å². The molecule has 0 spiro atoms. The van der Waals surface area contributed by atoms with E-state index in [-0.39, 0.29) is 5.91 Å². The summed E-state index contributed by atoms with van der Waals surface area (Å²) >= 11 is 5.95. The summed E-state index contributed by atoms with van der Waals surface area (Å²) in [5.41, 5.74) is 1.91. The zero-order chi connectivity index (χ0) is 11.0. The SMILES string of the molecule is CN(C)C(=O)c1ccc(Cl)cc1C1CC1. The van der Waals surface area contributed by atoms with E-state index >= 15 is 0 Å². The molecule has 0 aromatic heterocycles. The Morgan fingerprint density at radius 3 is 2.60 bits per heavy atom. The van der Waals surface area contributed by atoms with Gasteiger partial charge in [0.05, 0.1) is 0 Å². The molecule has 1 fully saturated rings. The maximum atomic E-state index is 11.9. The summed E-state index contributed by atoms with van der Waals surface area (Å²) in [4.78, 5) is 13.5. The van der Waals surface area contributed by atoms with Gasteiger partial charge in [0, 0.05) is 24.7 Å². The quantitative estimate of drug-likeness (QED) is 0.755. The van der Waals surface area contributed by atoms with Crippen molar-refractivity contribution in [3.63, 3.8) is 0 Å². The number of rotatable bonds is 2. The van der Waals surface area contributed by atoms with Crippen molar-refractivity contribution < 1.29 is 4.79 Å². The summed E-state index contributed by atoms with van der Waals surface area (Å²) in [5, 5.41) is 0.715. The number of nitrogens with zero attached hydrogens (tertiary/aromatic N) is 1. The number of hydrogen-bond acceptors (Lipinski definition) is 1. The summed E-state index contributed by atoms with van der Waals surface area (Å²) in [6.45, 7) is 0. The van der Waals surface area contributed by atoms with Crippen LogP contribution in [0.3, 0.4) is 0 Å². The minimum Gasteiger partial charge on any atom is -0.345 e. The first-order valence-corrected chi connectivity index (χ1v) is 5.48. The van der Waals surface area contributed by atoms with E-state index in [9.17, 15) is 4.79 Å². The summed E-state index contributed by atoms with van der Waals surface area (Å²) in [5.74, 6) is 0.608. The number of amides is 1. The van der Waals surface area contributed by atoms with Gasteiger partial charge < -0.3 is 4.90 Å². The van der Waals surface area contributed by atoms with E-state index < -0.39 is 0 Å². The summed E-state index contributed by atoms with van der Waals surface area (Å²) < 4.78 is 0. The molecule has 0 atom stereocenters. The predicted octanol–water partition coefficient (Wildman–Crippen LogP) is 2.92. The fourth-order valence-electron chi connectivity index (χ4n) is 1.70. The maximum Gasteiger partial charge on any atom is 0.253 e. The number of carbonyl (C=O) groups is 1. The fourth-order valence-corrected chi connectivity index (χ4v) is 1.88. The molecule has 2 nitrogen and oxygen atoms in total. The molecule has 1 aromatic carbocycles. The van der Waals surface area contributed by atoms with Crippen LogP contribution in [-0.4, -0.2) is 24.9 Å². The first-order valence-electron chi connectivity index (χ1n) is 5.10. The lowest BCUT2D eigenvalue weighted by Gasteiger charge is -2.14. The van der Waals surface area contributed by atoms with Gasteiger partial charge in [-0.3, -0.25) is 4.79 Å². The second kappa shape index (κ2) is 3.86. The average Bonchev–Trinajstić information content (AvgIpc) is 2.99. The zero-order valence-electron chi connectivity index (χ0n) is 8.96. The van der Waals surface area contributed by atoms with Crippen molar-refractivity contribution in [1.29, 1.82) is 0 Å². The highest BCUT2D eigenvalue weighted by molar-refractivity contribution is 6.30. The normalized spacial score (nSPS) is 15.1. The van der Waals surface area contributed by atoms with Crippen LogP contribution in [0.2, 0.25) is 5.02 Å². The minimum atomic E-state index is 0.0635. The van der Waals surface area contributed by atoms with E-state index in [0.29, 0.717) is 10.9 Å². The number of hydrogen-bond donors (Lipinski definition) is 0. The largest absolute Gasteiger partial charge is 0.345 e. The highest BCUT2D eigenvalue weighted by Crippen LogP contribution is 2.42. The molecule has 1 saturated carbocycles. The molecule has 1 aliphatic rings. The molecule has 0 saturated heterocycles. The van der Waals surface area contributed by atoms with Crippen LogP contribution in [0.25, 0.3) is 0 Å². The molecule has 15 heavy (non-hydrogen) atoms. The minimum absolute atomic E-state index is 0.0635. The van der Waals surface area contributed by atoms with E-state index in [1.807, 2.05) is 12.1 Å². The van der Waals surface area contributed by atoms with Crippen LogP contribution < -0.4 is 0 Å². The van der Waals surface area contributed by atoms with Crippen molar-refractivity contribution in [2.75, 3.05) is 14.1 Å². The Hall–Kier alpha value is -1.02. The first-order chi connectivity index (χ1) is 7.09. The number of benzene rings is 1. The highest BCUT2D eigenvalue weighted by Gasteiger charge is 2.28. The lowest BCUT2D eigenvalue weighted by molar-refractivity contribution is 0.0826. The molecule has 0 radical (unpaired) electrons. The average molecular weight is 224 g/mol. The smallest absolute Gasteiger partial charge is 0.253 e. The van der Waals surface area contributed by atoms with Gasteiger partial charge in [0.2, 0.25) is 0 Å². The topological polar surface area (TPSA) is 20.3 Å². The van der Waals surface area contributed by atoms with Crippen LogP contribution in [0.1, 0.15) is 34.7 Å². The highest BCUT2D eigenvalue weighted by atomic mass is 35.5. The van der Waals surface area contributed by atoms with Gasteiger partial charge in [-0.25, -0.2) is 0 Å². The van der Waals surface area contributed by atoms with Crippen molar-refractivity contribution in [1.82, 2.24) is 4.90 Å². The van der Waals surface area contributed by atoms with Gasteiger partial charge >= 0.3 is 0 Å². The Morgan fingerprint density at radius 2 is 2.07 bits per heavy atom. The van der Waals surface area contributed by atoms with E-state index in [1.54, 1.807) is 25.1 Å². The molecule has 1 aliphatic carbocycles. The van der Waals surface area contributed by atoms with Crippen molar-refractivity contribution in [3.05, 3.63) is 34.3 Å². The molecule has 3 heteroatoms. The molecule has 0 bridgehead atoms. The third-order valence-electron chi connectivity index (χ3n) is 2.67. The molecule has 2 rings (SSSR count). The number of halogens is 1. The molecule has 0 unspecified atom stereocenters. The van der Waals surface area contributed by atoms with Crippen molar-refractivity contribution in [3.8, 4) is 0 Å². The van der Waals surface area contributed by atoms with Gasteiger partial charge in [0.25, 0.3) is 5.91 Å². The van der Waals surface area contributed by atoms with Crippen molar-refractivity contribution in [2.45, 2.75) is 18.8 Å². The molecule has 0 heterocycles. The van der Waals surface area contributed by atoms with Crippen LogP contribution in [0, 0.1) is 0 Å². The second-order valence-electron chi connectivity index (χ2n) is 4.21. The van der Waals surface area contributed by atoms with Gasteiger partial charge in [-0.05, 0) is 42.5 Å². The Morgan fingerprint density at radius 1 is 1.40 bits per heavy atom. The molecule has 1 amide bonds. The summed E-state index contributed by atoms with van der Waals surface area (Å²) in [6, 6.07) is 5.54. The lowest BCUT2D eigenvalue weighted by atomic mass is 10.0. The predicted molar refractivity (Wildman–Crippen MR) is 61.4 cm³/mol. The van der Waals surface area contributed by atoms with E-state index in [2.05, 4.69) is 0 Å². The molecular formula is C12H14ClNO. The van der Waals surface area contributed by atoms with Gasteiger partial charge in [0.15, 0.2) is 0 Å². The van der Waals surface area contributed by atoms with Crippen molar-refractivity contribution >= 4 is 17.5 Å². The van der Waals surface area contributed by atoms with E-state index in [0.717, 1.165) is 11.1 Å². The Balaban J connectivity index is 2.41. The Kier molecular flexibility index (Phi) is 2.70. The lowest BCUT2D eigenvalue weighted by Crippen LogP contribution is -2.22. The third kappa shape index (κ3) is 2.15. The first kappa shape index (κ1) is 10.5. The molecule has 0 aliphatic heterocycles. The Bertz CT molecular complexity index is 397. The Labute approximate surface area is 94.8 Å². The molecular weight excluding hydrogens is 210 g/mol. The van der Waals surface area contributed by atoms with Gasteiger partial charge in [0.1, 0.15) is 0 Å². The standard InChI is InChI=1S/C12H14ClNO/c1-14(2)12(15)10-6-5-9(13)7-11(10)8-3-4-8/h5-8H,3-4H2,1-2H3. The van der Waals surface area contributed by atoms with Crippen LogP contribution in [0.4, 0.5) is 0 Å². The van der Waals surface area contributed by atoms with Crippen LogP contribution in [-0.2, 0) is 0 Å². The second-order valence-corrected chi connectivity index (χ2v) is 4.64. The fraction of sp³-hybridized carbons (Fsp3) is 0.417. The molecule has 0 N–H and O–H groups in total. The summed E-state index contributed by atoms with van der Waals surface area (Å²) in [6.07, 6.45) is 2.35. The molecule has 1 aromatic rings. The number of carbonyl (C=O) groups excluding carboxylic acids is 1. The van der Waals surface area contributed by atoms with Crippen molar-refractivity contribution in [2.24, 2.45) is 0 Å². The summed E-state index contributed by atoms with van der Waals surface area (Å²) in [7, 11) is 3.54. The van der Waals surface area contributed by atoms with Gasteiger partial charge in [-0.2, -0.15) is 0 Å².